The standard InChI is InChI=1S/C26H24BrN9O2S/c1-14-32-33-23(39-14)18-6-5-17(10-15(18)4-3-9-28)36-22-19(21(27)34-36)13-29-25(31-22)30-16-7-8-26(11-16)12-20(37)35(2)24(26)38/h5-6,10,13,16H,3-4,7-8,11-12H2,1-2H3,(H,29,30,31)/t16-,26?/m1/s1. The molecule has 1 aromatic carbocycles. The van der Waals surface area contributed by atoms with Crippen LogP contribution in [0.15, 0.2) is 29.0 Å². The van der Waals surface area contributed by atoms with Gasteiger partial charge in [0, 0.05) is 37.7 Å². The highest BCUT2D eigenvalue weighted by Gasteiger charge is 2.53. The number of carbonyl (C=O) groups excluding carboxylic acids is 2. The number of halogens is 1. The summed E-state index contributed by atoms with van der Waals surface area (Å²) in [6, 6.07) is 8.16. The Bertz CT molecular complexity index is 1680. The third kappa shape index (κ3) is 4.47. The van der Waals surface area contributed by atoms with E-state index in [1.54, 1.807) is 17.9 Å². The lowest BCUT2D eigenvalue weighted by molar-refractivity contribution is -0.139. The quantitative estimate of drug-likeness (QED) is 0.320. The van der Waals surface area contributed by atoms with Crippen LogP contribution in [0.25, 0.3) is 27.3 Å². The number of aromatic nitrogens is 6. The summed E-state index contributed by atoms with van der Waals surface area (Å²) < 4.78 is 2.37. The Morgan fingerprint density at radius 1 is 1.31 bits per heavy atom. The van der Waals surface area contributed by atoms with Gasteiger partial charge < -0.3 is 5.32 Å². The van der Waals surface area contributed by atoms with E-state index >= 15 is 0 Å². The Morgan fingerprint density at radius 2 is 2.15 bits per heavy atom. The van der Waals surface area contributed by atoms with E-state index in [0.717, 1.165) is 38.6 Å². The van der Waals surface area contributed by atoms with E-state index in [-0.39, 0.29) is 24.3 Å². The van der Waals surface area contributed by atoms with E-state index in [9.17, 15) is 14.9 Å². The zero-order chi connectivity index (χ0) is 27.3. The first-order chi connectivity index (χ1) is 18.8. The molecule has 1 saturated carbocycles. The van der Waals surface area contributed by atoms with Crippen LogP contribution < -0.4 is 5.32 Å². The summed E-state index contributed by atoms with van der Waals surface area (Å²) in [6.07, 6.45) is 4.92. The summed E-state index contributed by atoms with van der Waals surface area (Å²) in [5.41, 5.74) is 2.73. The molecule has 3 aromatic heterocycles. The number of hydrogen-bond donors (Lipinski definition) is 1. The van der Waals surface area contributed by atoms with E-state index in [1.165, 1.54) is 16.2 Å². The fourth-order valence-electron chi connectivity index (χ4n) is 5.58. The predicted octanol–water partition coefficient (Wildman–Crippen LogP) is 4.20. The molecule has 13 heteroatoms. The molecule has 0 bridgehead atoms. The van der Waals surface area contributed by atoms with Crippen molar-refractivity contribution in [2.24, 2.45) is 5.41 Å². The highest BCUT2D eigenvalue weighted by molar-refractivity contribution is 9.10. The van der Waals surface area contributed by atoms with Gasteiger partial charge in [-0.3, -0.25) is 14.5 Å². The zero-order valence-electron chi connectivity index (χ0n) is 21.3. The smallest absolute Gasteiger partial charge is 0.235 e. The van der Waals surface area contributed by atoms with Gasteiger partial charge in [0.05, 0.1) is 22.6 Å². The van der Waals surface area contributed by atoms with Crippen molar-refractivity contribution in [1.82, 2.24) is 34.8 Å². The van der Waals surface area contributed by atoms with Gasteiger partial charge in [0.1, 0.15) is 14.6 Å². The third-order valence-corrected chi connectivity index (χ3v) is 9.00. The second-order valence-electron chi connectivity index (χ2n) is 10.1. The Balaban J connectivity index is 1.31. The van der Waals surface area contributed by atoms with Crippen molar-refractivity contribution in [3.8, 4) is 22.3 Å². The molecular formula is C26H24BrN9O2S. The molecule has 1 spiro atoms. The maximum absolute atomic E-state index is 12.7. The van der Waals surface area contributed by atoms with Crippen LogP contribution in [0.2, 0.25) is 0 Å². The molecule has 1 unspecified atom stereocenters. The van der Waals surface area contributed by atoms with Crippen molar-refractivity contribution in [2.45, 2.75) is 51.5 Å². The van der Waals surface area contributed by atoms with Gasteiger partial charge in [0.25, 0.3) is 0 Å². The summed E-state index contributed by atoms with van der Waals surface area (Å²) in [4.78, 5) is 35.4. The lowest BCUT2D eigenvalue weighted by atomic mass is 9.84. The summed E-state index contributed by atoms with van der Waals surface area (Å²) >= 11 is 5.05. The van der Waals surface area contributed by atoms with Gasteiger partial charge in [-0.2, -0.15) is 15.3 Å². The number of anilines is 1. The molecular weight excluding hydrogens is 582 g/mol. The van der Waals surface area contributed by atoms with Crippen molar-refractivity contribution in [3.05, 3.63) is 39.6 Å². The molecule has 1 aliphatic carbocycles. The number of hydrogen-bond acceptors (Lipinski definition) is 10. The zero-order valence-corrected chi connectivity index (χ0v) is 23.7. The van der Waals surface area contributed by atoms with Crippen molar-refractivity contribution in [2.75, 3.05) is 12.4 Å². The molecule has 2 aliphatic rings. The maximum atomic E-state index is 12.7. The summed E-state index contributed by atoms with van der Waals surface area (Å²) in [5.74, 6) is 0.233. The first-order valence-electron chi connectivity index (χ1n) is 12.6. The summed E-state index contributed by atoms with van der Waals surface area (Å²) in [7, 11) is 1.56. The lowest BCUT2D eigenvalue weighted by Crippen LogP contribution is -2.32. The highest BCUT2D eigenvalue weighted by Crippen LogP contribution is 2.47. The first-order valence-corrected chi connectivity index (χ1v) is 14.2. The molecule has 2 fully saturated rings. The average molecular weight is 607 g/mol. The molecule has 1 saturated heterocycles. The minimum Gasteiger partial charge on any atom is -0.351 e. The van der Waals surface area contributed by atoms with Gasteiger partial charge >= 0.3 is 0 Å². The third-order valence-electron chi connectivity index (χ3n) is 7.54. The van der Waals surface area contributed by atoms with Crippen LogP contribution in [-0.2, 0) is 16.0 Å². The van der Waals surface area contributed by atoms with Crippen molar-refractivity contribution >= 4 is 56.1 Å². The molecule has 1 N–H and O–H groups in total. The van der Waals surface area contributed by atoms with Crippen LogP contribution in [0.3, 0.4) is 0 Å². The number of fused-ring (bicyclic) bond motifs is 1. The monoisotopic (exact) mass is 605 g/mol. The minimum atomic E-state index is -0.620. The Labute approximate surface area is 236 Å². The van der Waals surface area contributed by atoms with Crippen molar-refractivity contribution < 1.29 is 9.59 Å². The van der Waals surface area contributed by atoms with Crippen LogP contribution in [0.1, 0.15) is 42.7 Å². The van der Waals surface area contributed by atoms with Gasteiger partial charge in [-0.1, -0.05) is 11.3 Å². The van der Waals surface area contributed by atoms with Crippen LogP contribution >= 0.6 is 27.3 Å². The molecule has 0 radical (unpaired) electrons. The fraction of sp³-hybridized carbons (Fsp3) is 0.385. The molecule has 198 valence electrons. The Hall–Kier alpha value is -3.76. The van der Waals surface area contributed by atoms with Gasteiger partial charge in [0.15, 0.2) is 5.65 Å². The second-order valence-corrected chi connectivity index (χ2v) is 12.0. The van der Waals surface area contributed by atoms with Crippen LogP contribution in [-0.4, -0.2) is 59.7 Å². The summed E-state index contributed by atoms with van der Waals surface area (Å²) in [5, 5.41) is 28.2. The van der Waals surface area contributed by atoms with Crippen molar-refractivity contribution in [1.29, 1.82) is 5.26 Å². The van der Waals surface area contributed by atoms with E-state index in [2.05, 4.69) is 47.6 Å². The number of imide groups is 1. The van der Waals surface area contributed by atoms with Gasteiger partial charge in [0.2, 0.25) is 17.8 Å². The maximum Gasteiger partial charge on any atom is 0.235 e. The number of rotatable bonds is 6. The van der Waals surface area contributed by atoms with Crippen LogP contribution in [0, 0.1) is 23.7 Å². The SMILES string of the molecule is Cc1nnc(-c2ccc(-n3nc(Br)c4cnc(N[C@@H]5CCC6(CC(=O)N(C)C6=O)C5)nc43)cc2CCC#N)s1. The largest absolute Gasteiger partial charge is 0.351 e. The highest BCUT2D eigenvalue weighted by atomic mass is 79.9. The predicted molar refractivity (Wildman–Crippen MR) is 148 cm³/mol. The normalized spacial score (nSPS) is 20.9. The van der Waals surface area contributed by atoms with Gasteiger partial charge in [-0.25, -0.2) is 9.67 Å². The van der Waals surface area contributed by atoms with Crippen molar-refractivity contribution in [3.63, 3.8) is 0 Å². The van der Waals surface area contributed by atoms with Crippen LogP contribution in [0.4, 0.5) is 5.95 Å². The fourth-order valence-corrected chi connectivity index (χ4v) is 6.77. The topological polar surface area (TPSA) is 143 Å². The molecule has 4 heterocycles. The van der Waals surface area contributed by atoms with E-state index < -0.39 is 5.41 Å². The van der Waals surface area contributed by atoms with E-state index in [0.29, 0.717) is 41.9 Å². The molecule has 11 nitrogen and oxygen atoms in total. The lowest BCUT2D eigenvalue weighted by Gasteiger charge is -2.20. The van der Waals surface area contributed by atoms with E-state index in [4.69, 9.17) is 4.98 Å². The molecule has 6 rings (SSSR count). The summed E-state index contributed by atoms with van der Waals surface area (Å²) in [6.45, 7) is 1.91. The number of amides is 2. The first kappa shape index (κ1) is 25.5. The molecule has 4 aromatic rings. The number of nitriles is 1. The van der Waals surface area contributed by atoms with Crippen LogP contribution in [0.5, 0.6) is 0 Å². The number of nitrogens with one attached hydrogen (secondary N) is 1. The molecule has 2 amide bonds. The van der Waals surface area contributed by atoms with Gasteiger partial charge in [-0.15, -0.1) is 10.2 Å². The number of carbonyl (C=O) groups is 2. The number of likely N-dealkylation sites (tertiary alicyclic amines) is 1. The van der Waals surface area contributed by atoms with E-state index in [1.807, 2.05) is 25.1 Å². The molecule has 1 aliphatic heterocycles. The number of nitrogens with zero attached hydrogens (tertiary/aromatic N) is 8. The molecule has 39 heavy (non-hydrogen) atoms. The number of benzene rings is 1. The minimum absolute atomic E-state index is 0.0160. The Morgan fingerprint density at radius 3 is 2.87 bits per heavy atom. The molecule has 2 atom stereocenters. The average Bonchev–Trinajstić information content (AvgIpc) is 3.67. The Kier molecular flexibility index (Phi) is 6.39. The van der Waals surface area contributed by atoms with Gasteiger partial charge in [-0.05, 0) is 72.3 Å². The second kappa shape index (κ2) is 9.77. The number of aryl methyl sites for hydroxylation is 2.